The highest BCUT2D eigenvalue weighted by molar-refractivity contribution is 7.86. The van der Waals surface area contributed by atoms with E-state index in [2.05, 4.69) is 40.7 Å². The van der Waals surface area contributed by atoms with Crippen molar-refractivity contribution in [1.29, 1.82) is 0 Å². The van der Waals surface area contributed by atoms with Crippen molar-refractivity contribution in [2.45, 2.75) is 51.5 Å². The van der Waals surface area contributed by atoms with E-state index in [1.54, 1.807) is 7.05 Å². The molecule has 0 aliphatic carbocycles. The maximum absolute atomic E-state index is 12.1. The number of nitrogens with one attached hydrogen (secondary N) is 2. The normalized spacial score (nSPS) is 19.0. The summed E-state index contributed by atoms with van der Waals surface area (Å²) in [6.07, 6.45) is 1.05. The first-order chi connectivity index (χ1) is 12.8. The highest BCUT2D eigenvalue weighted by Gasteiger charge is 2.20. The Bertz CT molecular complexity index is 665. The summed E-state index contributed by atoms with van der Waals surface area (Å²) in [5, 5.41) is 6.54. The van der Waals surface area contributed by atoms with Gasteiger partial charge in [-0.2, -0.15) is 0 Å². The molecule has 1 saturated heterocycles. The molecule has 1 aromatic rings. The standard InChI is InChI=1S/C20H33N3O3S/c1-15-6-7-16(18(12-15)26-17-8-10-25-14-17)13-23-19(21-5)22-9-11-27(24)20(2,3)4/h6-7,12,17H,8-11,13-14H2,1-5H3,(H2,21,22,23). The number of rotatable bonds is 7. The Kier molecular flexibility index (Phi) is 8.10. The molecule has 2 unspecified atom stereocenters. The Balaban J connectivity index is 1.89. The zero-order valence-electron chi connectivity index (χ0n) is 17.1. The largest absolute Gasteiger partial charge is 0.488 e. The topological polar surface area (TPSA) is 72.0 Å². The zero-order valence-corrected chi connectivity index (χ0v) is 17.9. The first-order valence-corrected chi connectivity index (χ1v) is 10.8. The van der Waals surface area contributed by atoms with Crippen molar-refractivity contribution < 1.29 is 13.7 Å². The van der Waals surface area contributed by atoms with Gasteiger partial charge in [-0.15, -0.1) is 0 Å². The first kappa shape index (κ1) is 21.7. The monoisotopic (exact) mass is 395 g/mol. The van der Waals surface area contributed by atoms with Gasteiger partial charge in [0.15, 0.2) is 5.96 Å². The quantitative estimate of drug-likeness (QED) is 0.548. The fraction of sp³-hybridized carbons (Fsp3) is 0.650. The predicted molar refractivity (Wildman–Crippen MR) is 112 cm³/mol. The van der Waals surface area contributed by atoms with Crippen molar-refractivity contribution >= 4 is 16.8 Å². The lowest BCUT2D eigenvalue weighted by molar-refractivity contribution is 0.140. The third-order valence-electron chi connectivity index (χ3n) is 4.34. The van der Waals surface area contributed by atoms with Crippen LogP contribution in [0.25, 0.3) is 0 Å². The van der Waals surface area contributed by atoms with Gasteiger partial charge in [0.1, 0.15) is 11.9 Å². The SMILES string of the molecule is CN=C(NCCS(=O)C(C)(C)C)NCc1ccc(C)cc1OC1CCOC1. The number of hydrogen-bond acceptors (Lipinski definition) is 4. The number of guanidine groups is 1. The van der Waals surface area contributed by atoms with Gasteiger partial charge >= 0.3 is 0 Å². The fourth-order valence-electron chi connectivity index (χ4n) is 2.67. The van der Waals surface area contributed by atoms with Crippen LogP contribution in [0.5, 0.6) is 5.75 Å². The molecule has 0 saturated carbocycles. The average Bonchev–Trinajstić information content (AvgIpc) is 3.11. The van der Waals surface area contributed by atoms with Crippen LogP contribution in [-0.4, -0.2) is 53.6 Å². The van der Waals surface area contributed by atoms with E-state index >= 15 is 0 Å². The van der Waals surface area contributed by atoms with Gasteiger partial charge in [-0.1, -0.05) is 12.1 Å². The summed E-state index contributed by atoms with van der Waals surface area (Å²) in [6.45, 7) is 10.7. The van der Waals surface area contributed by atoms with E-state index in [1.165, 1.54) is 5.56 Å². The summed E-state index contributed by atoms with van der Waals surface area (Å²) in [7, 11) is 0.852. The van der Waals surface area contributed by atoms with E-state index in [0.29, 0.717) is 31.4 Å². The zero-order chi connectivity index (χ0) is 19.9. The van der Waals surface area contributed by atoms with E-state index in [9.17, 15) is 4.21 Å². The van der Waals surface area contributed by atoms with Crippen LogP contribution in [-0.2, 0) is 22.1 Å². The van der Waals surface area contributed by atoms with Crippen LogP contribution in [0, 0.1) is 6.92 Å². The summed E-state index contributed by atoms with van der Waals surface area (Å²) >= 11 is 0. The molecule has 0 bridgehead atoms. The van der Waals surface area contributed by atoms with Gasteiger partial charge in [0.25, 0.3) is 0 Å². The smallest absolute Gasteiger partial charge is 0.191 e. The van der Waals surface area contributed by atoms with Crippen molar-refractivity contribution in [2.24, 2.45) is 4.99 Å². The van der Waals surface area contributed by atoms with E-state index in [4.69, 9.17) is 9.47 Å². The first-order valence-electron chi connectivity index (χ1n) is 9.46. The average molecular weight is 396 g/mol. The molecule has 0 aromatic heterocycles. The fourth-order valence-corrected chi connectivity index (χ4v) is 3.57. The summed E-state index contributed by atoms with van der Waals surface area (Å²) in [4.78, 5) is 4.25. The second kappa shape index (κ2) is 10.1. The third-order valence-corrected chi connectivity index (χ3v) is 6.28. The molecule has 6 nitrogen and oxygen atoms in total. The van der Waals surface area contributed by atoms with Gasteiger partial charge in [0.05, 0.1) is 13.2 Å². The second-order valence-corrected chi connectivity index (χ2v) is 10.1. The predicted octanol–water partition coefficient (Wildman–Crippen LogP) is 2.37. The Morgan fingerprint density at radius 3 is 2.78 bits per heavy atom. The molecule has 1 aromatic carbocycles. The van der Waals surface area contributed by atoms with Crippen LogP contribution >= 0.6 is 0 Å². The van der Waals surface area contributed by atoms with Gasteiger partial charge in [-0.25, -0.2) is 0 Å². The van der Waals surface area contributed by atoms with E-state index in [0.717, 1.165) is 24.3 Å². The third kappa shape index (κ3) is 7.14. The molecule has 1 fully saturated rings. The van der Waals surface area contributed by atoms with Gasteiger partial charge in [0.2, 0.25) is 0 Å². The van der Waals surface area contributed by atoms with E-state index in [-0.39, 0.29) is 10.9 Å². The van der Waals surface area contributed by atoms with Crippen LogP contribution in [0.2, 0.25) is 0 Å². The maximum Gasteiger partial charge on any atom is 0.191 e. The van der Waals surface area contributed by atoms with Crippen LogP contribution in [0.3, 0.4) is 0 Å². The lowest BCUT2D eigenvalue weighted by Gasteiger charge is -2.19. The van der Waals surface area contributed by atoms with Crippen molar-refractivity contribution in [1.82, 2.24) is 10.6 Å². The number of ether oxygens (including phenoxy) is 2. The Morgan fingerprint density at radius 2 is 2.15 bits per heavy atom. The molecule has 7 heteroatoms. The Hall–Kier alpha value is -1.60. The molecule has 0 radical (unpaired) electrons. The summed E-state index contributed by atoms with van der Waals surface area (Å²) < 4.78 is 23.5. The molecule has 2 rings (SSSR count). The van der Waals surface area contributed by atoms with Crippen LogP contribution < -0.4 is 15.4 Å². The molecule has 0 spiro atoms. The summed E-state index contributed by atoms with van der Waals surface area (Å²) in [5.74, 6) is 2.17. The molecular weight excluding hydrogens is 362 g/mol. The second-order valence-electron chi connectivity index (χ2n) is 7.73. The molecule has 2 N–H and O–H groups in total. The molecular formula is C20H33N3O3S. The molecule has 1 aliphatic rings. The van der Waals surface area contributed by atoms with Gasteiger partial charge in [-0.3, -0.25) is 9.20 Å². The summed E-state index contributed by atoms with van der Waals surface area (Å²) in [5.41, 5.74) is 2.24. The highest BCUT2D eigenvalue weighted by Crippen LogP contribution is 2.23. The summed E-state index contributed by atoms with van der Waals surface area (Å²) in [6, 6.07) is 6.23. The number of aliphatic imine (C=N–C) groups is 1. The van der Waals surface area contributed by atoms with Crippen LogP contribution in [0.1, 0.15) is 38.3 Å². The van der Waals surface area contributed by atoms with E-state index in [1.807, 2.05) is 20.8 Å². The molecule has 152 valence electrons. The number of nitrogens with zero attached hydrogens (tertiary/aromatic N) is 1. The molecule has 1 heterocycles. The lowest BCUT2D eigenvalue weighted by atomic mass is 10.1. The molecule has 0 amide bonds. The van der Waals surface area contributed by atoms with Crippen molar-refractivity contribution in [3.05, 3.63) is 29.3 Å². The highest BCUT2D eigenvalue weighted by atomic mass is 32.2. The Morgan fingerprint density at radius 1 is 1.37 bits per heavy atom. The van der Waals surface area contributed by atoms with Crippen LogP contribution in [0.15, 0.2) is 23.2 Å². The lowest BCUT2D eigenvalue weighted by Crippen LogP contribution is -2.40. The molecule has 2 atom stereocenters. The maximum atomic E-state index is 12.1. The Labute approximate surface area is 165 Å². The van der Waals surface area contributed by atoms with Crippen LogP contribution in [0.4, 0.5) is 0 Å². The number of hydrogen-bond donors (Lipinski definition) is 2. The van der Waals surface area contributed by atoms with Crippen molar-refractivity contribution in [3.8, 4) is 5.75 Å². The number of benzene rings is 1. The minimum atomic E-state index is -0.882. The van der Waals surface area contributed by atoms with Gasteiger partial charge in [0, 0.05) is 53.4 Å². The minimum Gasteiger partial charge on any atom is -0.488 e. The minimum absolute atomic E-state index is 0.121. The molecule has 1 aliphatic heterocycles. The van der Waals surface area contributed by atoms with Gasteiger partial charge in [-0.05, 0) is 39.3 Å². The number of aryl methyl sites for hydroxylation is 1. The van der Waals surface area contributed by atoms with Crippen molar-refractivity contribution in [3.63, 3.8) is 0 Å². The van der Waals surface area contributed by atoms with Crippen molar-refractivity contribution in [2.75, 3.05) is 32.6 Å². The molecule has 27 heavy (non-hydrogen) atoms. The van der Waals surface area contributed by atoms with Gasteiger partial charge < -0.3 is 20.1 Å². The van der Waals surface area contributed by atoms with E-state index < -0.39 is 10.8 Å².